The van der Waals surface area contributed by atoms with E-state index in [9.17, 15) is 9.59 Å². The molecule has 1 aliphatic heterocycles. The van der Waals surface area contributed by atoms with Crippen molar-refractivity contribution in [2.45, 2.75) is 137 Å². The maximum Gasteiger partial charge on any atom is 0.192 e. The van der Waals surface area contributed by atoms with Crippen molar-refractivity contribution in [1.29, 1.82) is 0 Å². The van der Waals surface area contributed by atoms with Gasteiger partial charge in [0.15, 0.2) is 14.1 Å². The molecule has 8 heteroatoms. The Morgan fingerprint density at radius 3 is 2.21 bits per heavy atom. The van der Waals surface area contributed by atoms with Gasteiger partial charge in [0, 0.05) is 42.0 Å². The number of methoxy groups -OCH3 is 1. The molecule has 3 rings (SSSR count). The van der Waals surface area contributed by atoms with E-state index in [1.807, 2.05) is 27.7 Å². The van der Waals surface area contributed by atoms with Crippen molar-refractivity contribution in [3.05, 3.63) is 0 Å². The number of carbonyl (C=O) groups is 2. The van der Waals surface area contributed by atoms with E-state index >= 15 is 0 Å². The molecule has 2 aliphatic carbocycles. The highest BCUT2D eigenvalue weighted by Crippen LogP contribution is 2.68. The van der Waals surface area contributed by atoms with Crippen molar-refractivity contribution < 1.29 is 33.0 Å². The Balaban J connectivity index is 2.21. The van der Waals surface area contributed by atoms with Crippen molar-refractivity contribution in [1.82, 2.24) is 0 Å². The summed E-state index contributed by atoms with van der Waals surface area (Å²) in [6.45, 7) is 24.0. The Morgan fingerprint density at radius 2 is 1.67 bits per heavy atom. The Bertz CT molecular complexity index is 894. The summed E-state index contributed by atoms with van der Waals surface area (Å²) < 4.78 is 31.4. The first-order chi connectivity index (χ1) is 17.8. The van der Waals surface area contributed by atoms with E-state index in [1.54, 1.807) is 14.0 Å². The van der Waals surface area contributed by atoms with Crippen LogP contribution in [0.15, 0.2) is 0 Å². The van der Waals surface area contributed by atoms with Crippen molar-refractivity contribution in [3.8, 4) is 0 Å². The summed E-state index contributed by atoms with van der Waals surface area (Å²) in [5.74, 6) is -0.995. The highest BCUT2D eigenvalue weighted by atomic mass is 28.4. The van der Waals surface area contributed by atoms with Gasteiger partial charge in [0.05, 0.1) is 12.2 Å². The highest BCUT2D eigenvalue weighted by Gasteiger charge is 2.71. The standard InChI is InChI=1S/C31H56O7Si/c1-21(33)28(5,6)23-18-25-30(9)24(36-29(7,8)37-25)15-14-22(38-39(11,12)27(2,3)4)26(30)31(23,19-32)16-13-17-35-20-34-10/h19,22-26H,13-18,20H2,1-12H3/t22-,23-,24+,25-,26-,30+,31+/m0/s1. The predicted octanol–water partition coefficient (Wildman–Crippen LogP) is 6.53. The van der Waals surface area contributed by atoms with Gasteiger partial charge in [-0.25, -0.2) is 0 Å². The van der Waals surface area contributed by atoms with Crippen LogP contribution < -0.4 is 0 Å². The fourth-order valence-corrected chi connectivity index (χ4v) is 9.13. The lowest BCUT2D eigenvalue weighted by molar-refractivity contribution is -0.389. The van der Waals surface area contributed by atoms with Crippen LogP contribution in [-0.2, 0) is 33.0 Å². The Morgan fingerprint density at radius 1 is 1.05 bits per heavy atom. The van der Waals surface area contributed by atoms with Gasteiger partial charge in [-0.2, -0.15) is 0 Å². The number of Topliss-reactive ketones (excluding diaryl/α,β-unsaturated/α-hetero) is 1. The van der Waals surface area contributed by atoms with Crippen LogP contribution in [0.4, 0.5) is 0 Å². The Hall–Kier alpha value is -0.643. The molecule has 39 heavy (non-hydrogen) atoms. The largest absolute Gasteiger partial charge is 0.414 e. The van der Waals surface area contributed by atoms with E-state index in [2.05, 4.69) is 40.8 Å². The summed E-state index contributed by atoms with van der Waals surface area (Å²) in [6, 6.07) is 0. The molecule has 3 aliphatic rings. The first kappa shape index (κ1) is 32.9. The average Bonchev–Trinajstić information content (AvgIpc) is 2.80. The van der Waals surface area contributed by atoms with E-state index in [0.29, 0.717) is 25.9 Å². The molecule has 0 N–H and O–H groups in total. The van der Waals surface area contributed by atoms with Gasteiger partial charge in [-0.05, 0) is 76.9 Å². The summed E-state index contributed by atoms with van der Waals surface area (Å²) in [5.41, 5.74) is -1.94. The lowest BCUT2D eigenvalue weighted by Crippen LogP contribution is -2.73. The maximum absolute atomic E-state index is 13.7. The molecule has 0 aromatic carbocycles. The molecule has 7 atom stereocenters. The number of hydrogen-bond acceptors (Lipinski definition) is 7. The molecule has 0 aromatic heterocycles. The van der Waals surface area contributed by atoms with E-state index in [-0.39, 0.29) is 47.8 Å². The summed E-state index contributed by atoms with van der Waals surface area (Å²) in [5, 5.41) is 0.0241. The smallest absolute Gasteiger partial charge is 0.192 e. The van der Waals surface area contributed by atoms with E-state index in [4.69, 9.17) is 23.4 Å². The van der Waals surface area contributed by atoms with E-state index in [1.165, 1.54) is 6.29 Å². The number of ketones is 1. The zero-order valence-electron chi connectivity index (χ0n) is 26.8. The number of ether oxygens (including phenoxy) is 4. The third-order valence-corrected chi connectivity index (χ3v) is 15.5. The zero-order valence-corrected chi connectivity index (χ0v) is 27.8. The third-order valence-electron chi connectivity index (χ3n) is 11.0. The van der Waals surface area contributed by atoms with Gasteiger partial charge < -0.3 is 28.2 Å². The summed E-state index contributed by atoms with van der Waals surface area (Å²) in [4.78, 5) is 26.9. The summed E-state index contributed by atoms with van der Waals surface area (Å²) in [7, 11) is -0.579. The molecule has 3 fully saturated rings. The van der Waals surface area contributed by atoms with Crippen LogP contribution in [-0.4, -0.2) is 65.0 Å². The van der Waals surface area contributed by atoms with E-state index in [0.717, 1.165) is 12.8 Å². The fraction of sp³-hybridized carbons (Fsp3) is 0.935. The van der Waals surface area contributed by atoms with Crippen LogP contribution in [0.25, 0.3) is 0 Å². The average molecular weight is 569 g/mol. The molecular weight excluding hydrogens is 512 g/mol. The first-order valence-corrected chi connectivity index (χ1v) is 17.8. The molecule has 226 valence electrons. The van der Waals surface area contributed by atoms with Gasteiger partial charge in [0.2, 0.25) is 0 Å². The SMILES string of the molecule is COCOCCC[C@]1(C=O)[C@H]2[C@@H](O[Si](C)(C)C(C)(C)C)CC[C@H]3OC(C)(C)O[C@@H](C[C@H]1C(C)(C)C(C)=O)[C@]23C. The van der Waals surface area contributed by atoms with Crippen LogP contribution in [0, 0.1) is 28.1 Å². The topological polar surface area (TPSA) is 80.3 Å². The minimum absolute atomic E-state index is 0.0241. The summed E-state index contributed by atoms with van der Waals surface area (Å²) >= 11 is 0. The zero-order chi connectivity index (χ0) is 29.7. The van der Waals surface area contributed by atoms with Crippen molar-refractivity contribution in [2.75, 3.05) is 20.5 Å². The fourth-order valence-electron chi connectivity index (χ4n) is 7.77. The summed E-state index contributed by atoms with van der Waals surface area (Å²) in [6.07, 6.45) is 4.48. The van der Waals surface area contributed by atoms with Crippen LogP contribution in [0.3, 0.4) is 0 Å². The molecule has 0 amide bonds. The third kappa shape index (κ3) is 5.85. The quantitative estimate of drug-likeness (QED) is 0.121. The van der Waals surface area contributed by atoms with Crippen LogP contribution in [0.1, 0.15) is 94.4 Å². The molecule has 0 aromatic rings. The Kier molecular flexibility index (Phi) is 9.45. The first-order valence-electron chi connectivity index (χ1n) is 14.9. The van der Waals surface area contributed by atoms with Crippen LogP contribution in [0.2, 0.25) is 18.1 Å². The second kappa shape index (κ2) is 11.2. The minimum atomic E-state index is -2.19. The van der Waals surface area contributed by atoms with Gasteiger partial charge in [-0.15, -0.1) is 0 Å². The van der Waals surface area contributed by atoms with Gasteiger partial charge in [-0.1, -0.05) is 41.5 Å². The van der Waals surface area contributed by atoms with Crippen LogP contribution in [0.5, 0.6) is 0 Å². The van der Waals surface area contributed by atoms with Gasteiger partial charge in [-0.3, -0.25) is 4.79 Å². The van der Waals surface area contributed by atoms with Crippen molar-refractivity contribution in [2.24, 2.45) is 28.1 Å². The lowest BCUT2D eigenvalue weighted by Gasteiger charge is -2.69. The molecule has 1 saturated heterocycles. The molecule has 0 spiro atoms. The molecule has 7 nitrogen and oxygen atoms in total. The van der Waals surface area contributed by atoms with E-state index < -0.39 is 30.3 Å². The maximum atomic E-state index is 13.7. The molecule has 0 bridgehead atoms. The second-order valence-electron chi connectivity index (χ2n) is 15.2. The molecule has 1 heterocycles. The Labute approximate surface area is 238 Å². The van der Waals surface area contributed by atoms with Crippen molar-refractivity contribution >= 4 is 20.4 Å². The second-order valence-corrected chi connectivity index (χ2v) is 19.9. The molecular formula is C31H56O7Si. The molecule has 0 unspecified atom stereocenters. The predicted molar refractivity (Wildman–Crippen MR) is 155 cm³/mol. The van der Waals surface area contributed by atoms with Crippen LogP contribution >= 0.6 is 0 Å². The van der Waals surface area contributed by atoms with Crippen molar-refractivity contribution in [3.63, 3.8) is 0 Å². The lowest BCUT2D eigenvalue weighted by atomic mass is 9.40. The number of hydrogen-bond donors (Lipinski definition) is 0. The normalized spacial score (nSPS) is 36.8. The molecule has 0 radical (unpaired) electrons. The molecule has 2 saturated carbocycles. The van der Waals surface area contributed by atoms with Gasteiger partial charge in [0.25, 0.3) is 0 Å². The number of rotatable bonds is 11. The number of aldehydes is 1. The van der Waals surface area contributed by atoms with Gasteiger partial charge >= 0.3 is 0 Å². The number of carbonyl (C=O) groups excluding carboxylic acids is 2. The highest BCUT2D eigenvalue weighted by molar-refractivity contribution is 6.74. The van der Waals surface area contributed by atoms with Gasteiger partial charge in [0.1, 0.15) is 18.9 Å². The minimum Gasteiger partial charge on any atom is -0.414 e. The monoisotopic (exact) mass is 568 g/mol.